The predicted molar refractivity (Wildman–Crippen MR) is 69.5 cm³/mol. The fourth-order valence-corrected chi connectivity index (χ4v) is 1.98. The lowest BCUT2D eigenvalue weighted by atomic mass is 10.1. The van der Waals surface area contributed by atoms with E-state index in [0.29, 0.717) is 0 Å². The Bertz CT molecular complexity index is 405. The van der Waals surface area contributed by atoms with Gasteiger partial charge in [-0.15, -0.1) is 0 Å². The van der Waals surface area contributed by atoms with Crippen LogP contribution in [0, 0.1) is 0 Å². The summed E-state index contributed by atoms with van der Waals surface area (Å²) in [6.45, 7) is 5.28. The molecule has 1 aliphatic rings. The first-order chi connectivity index (χ1) is 8.27. The number of carbonyl (C=O) groups is 1. The van der Waals surface area contributed by atoms with E-state index in [1.54, 1.807) is 0 Å². The molecule has 0 atom stereocenters. The maximum atomic E-state index is 12.1. The van der Waals surface area contributed by atoms with Gasteiger partial charge in [-0.25, -0.2) is 0 Å². The normalized spacial score (nSPS) is 17.0. The van der Waals surface area contributed by atoms with Crippen LogP contribution in [0.2, 0.25) is 0 Å². The zero-order valence-corrected chi connectivity index (χ0v) is 10.1. The first-order valence-electron chi connectivity index (χ1n) is 6.01. The summed E-state index contributed by atoms with van der Waals surface area (Å²) in [6, 6.07) is 9.96. The molecule has 90 valence electrons. The molecule has 0 saturated carbocycles. The molecule has 1 aromatic carbocycles. The van der Waals surface area contributed by atoms with Gasteiger partial charge in [0.15, 0.2) is 0 Å². The zero-order chi connectivity index (χ0) is 12.1. The maximum Gasteiger partial charge on any atom is 0.249 e. The molecular weight excluding hydrogens is 212 g/mol. The lowest BCUT2D eigenvalue weighted by Crippen LogP contribution is -2.46. The summed E-state index contributed by atoms with van der Waals surface area (Å²) in [7, 11) is 0. The smallest absolute Gasteiger partial charge is 0.249 e. The first-order valence-corrected chi connectivity index (χ1v) is 6.01. The highest BCUT2D eigenvalue weighted by molar-refractivity contribution is 5.97. The number of carbonyl (C=O) groups excluding carboxylic acids is 1. The van der Waals surface area contributed by atoms with Gasteiger partial charge in [0.1, 0.15) is 0 Å². The highest BCUT2D eigenvalue weighted by Crippen LogP contribution is 2.09. The van der Waals surface area contributed by atoms with Crippen molar-refractivity contribution in [2.45, 2.75) is 6.92 Å². The number of rotatable bonds is 2. The van der Waals surface area contributed by atoms with Gasteiger partial charge in [-0.2, -0.15) is 0 Å². The van der Waals surface area contributed by atoms with Crippen LogP contribution in [0.5, 0.6) is 0 Å². The number of benzene rings is 1. The molecule has 1 aliphatic heterocycles. The van der Waals surface area contributed by atoms with Gasteiger partial charge in [-0.3, -0.25) is 4.79 Å². The molecule has 0 bridgehead atoms. The minimum atomic E-state index is 0.148. The number of hydrogen-bond donors (Lipinski definition) is 1. The van der Waals surface area contributed by atoms with Crippen molar-refractivity contribution >= 4 is 12.0 Å². The van der Waals surface area contributed by atoms with Gasteiger partial charge >= 0.3 is 0 Å². The van der Waals surface area contributed by atoms with Gasteiger partial charge in [0.25, 0.3) is 0 Å². The molecule has 1 amide bonds. The summed E-state index contributed by atoms with van der Waals surface area (Å²) in [5.41, 5.74) is 1.88. The minimum Gasteiger partial charge on any atom is -0.336 e. The standard InChI is InChI=1S/C14H18N2O/c1-12(11-13-5-3-2-4-6-13)14(17)16-9-7-15-8-10-16/h2-6,11,15H,7-10H2,1H3/b12-11-. The molecule has 3 heteroatoms. The van der Waals surface area contributed by atoms with E-state index in [0.717, 1.165) is 37.3 Å². The van der Waals surface area contributed by atoms with E-state index in [2.05, 4.69) is 5.32 Å². The number of piperazine rings is 1. The quantitative estimate of drug-likeness (QED) is 0.781. The van der Waals surface area contributed by atoms with E-state index in [1.165, 1.54) is 0 Å². The van der Waals surface area contributed by atoms with Crippen molar-refractivity contribution in [3.8, 4) is 0 Å². The monoisotopic (exact) mass is 230 g/mol. The lowest BCUT2D eigenvalue weighted by Gasteiger charge is -2.27. The Labute approximate surface area is 102 Å². The van der Waals surface area contributed by atoms with Crippen LogP contribution < -0.4 is 5.32 Å². The minimum absolute atomic E-state index is 0.148. The fourth-order valence-electron chi connectivity index (χ4n) is 1.98. The van der Waals surface area contributed by atoms with Crippen molar-refractivity contribution in [1.29, 1.82) is 0 Å². The van der Waals surface area contributed by atoms with Gasteiger partial charge < -0.3 is 10.2 Å². The van der Waals surface area contributed by atoms with Gasteiger partial charge in [0.2, 0.25) is 5.91 Å². The Hall–Kier alpha value is -1.61. The SMILES string of the molecule is C/C(=C/c1ccccc1)C(=O)N1CCNCC1. The van der Waals surface area contributed by atoms with Crippen LogP contribution in [0.25, 0.3) is 6.08 Å². The van der Waals surface area contributed by atoms with Gasteiger partial charge in [-0.05, 0) is 18.6 Å². The fraction of sp³-hybridized carbons (Fsp3) is 0.357. The molecule has 0 radical (unpaired) electrons. The lowest BCUT2D eigenvalue weighted by molar-refractivity contribution is -0.127. The Morgan fingerprint density at radius 3 is 2.53 bits per heavy atom. The highest BCUT2D eigenvalue weighted by atomic mass is 16.2. The maximum absolute atomic E-state index is 12.1. The molecule has 17 heavy (non-hydrogen) atoms. The molecule has 1 N–H and O–H groups in total. The van der Waals surface area contributed by atoms with Crippen molar-refractivity contribution in [2.75, 3.05) is 26.2 Å². The second-order valence-corrected chi connectivity index (χ2v) is 4.28. The molecule has 1 fully saturated rings. The van der Waals surface area contributed by atoms with Crippen LogP contribution in [-0.2, 0) is 4.79 Å². The average molecular weight is 230 g/mol. The molecule has 0 unspecified atom stereocenters. The summed E-state index contributed by atoms with van der Waals surface area (Å²) in [5, 5.41) is 3.24. The predicted octanol–water partition coefficient (Wildman–Crippen LogP) is 1.52. The van der Waals surface area contributed by atoms with Crippen molar-refractivity contribution in [1.82, 2.24) is 10.2 Å². The Balaban J connectivity index is 2.06. The average Bonchev–Trinajstić information content (AvgIpc) is 2.40. The molecule has 0 aliphatic carbocycles. The van der Waals surface area contributed by atoms with Crippen LogP contribution in [-0.4, -0.2) is 37.0 Å². The molecule has 3 nitrogen and oxygen atoms in total. The number of amides is 1. The van der Waals surface area contributed by atoms with Crippen LogP contribution in [0.1, 0.15) is 12.5 Å². The van der Waals surface area contributed by atoms with E-state index in [1.807, 2.05) is 48.2 Å². The van der Waals surface area contributed by atoms with Crippen molar-refractivity contribution < 1.29 is 4.79 Å². The molecule has 0 aromatic heterocycles. The van der Waals surface area contributed by atoms with E-state index in [4.69, 9.17) is 0 Å². The Kier molecular flexibility index (Phi) is 3.94. The summed E-state index contributed by atoms with van der Waals surface area (Å²) < 4.78 is 0. The molecular formula is C14H18N2O. The Morgan fingerprint density at radius 1 is 1.24 bits per heavy atom. The van der Waals surface area contributed by atoms with E-state index < -0.39 is 0 Å². The molecule has 0 spiro atoms. The number of nitrogens with one attached hydrogen (secondary N) is 1. The summed E-state index contributed by atoms with van der Waals surface area (Å²) >= 11 is 0. The summed E-state index contributed by atoms with van der Waals surface area (Å²) in [5.74, 6) is 0.148. The molecule has 1 saturated heterocycles. The van der Waals surface area contributed by atoms with Crippen LogP contribution in [0.3, 0.4) is 0 Å². The van der Waals surface area contributed by atoms with Crippen LogP contribution in [0.15, 0.2) is 35.9 Å². The second kappa shape index (κ2) is 5.64. The molecule has 2 rings (SSSR count). The third kappa shape index (κ3) is 3.17. The Morgan fingerprint density at radius 2 is 1.88 bits per heavy atom. The zero-order valence-electron chi connectivity index (χ0n) is 10.1. The van der Waals surface area contributed by atoms with Gasteiger partial charge in [0.05, 0.1) is 0 Å². The highest BCUT2D eigenvalue weighted by Gasteiger charge is 2.16. The van der Waals surface area contributed by atoms with Crippen LogP contribution >= 0.6 is 0 Å². The topological polar surface area (TPSA) is 32.3 Å². The summed E-state index contributed by atoms with van der Waals surface area (Å²) in [4.78, 5) is 14.0. The molecule has 1 heterocycles. The second-order valence-electron chi connectivity index (χ2n) is 4.28. The summed E-state index contributed by atoms with van der Waals surface area (Å²) in [6.07, 6.45) is 1.95. The number of nitrogens with zero attached hydrogens (tertiary/aromatic N) is 1. The van der Waals surface area contributed by atoms with Gasteiger partial charge in [-0.1, -0.05) is 30.3 Å². The van der Waals surface area contributed by atoms with Crippen molar-refractivity contribution in [3.63, 3.8) is 0 Å². The van der Waals surface area contributed by atoms with Crippen molar-refractivity contribution in [2.24, 2.45) is 0 Å². The molecule has 1 aromatic rings. The van der Waals surface area contributed by atoms with E-state index in [-0.39, 0.29) is 5.91 Å². The largest absolute Gasteiger partial charge is 0.336 e. The van der Waals surface area contributed by atoms with Gasteiger partial charge in [0, 0.05) is 31.8 Å². The van der Waals surface area contributed by atoms with Crippen molar-refractivity contribution in [3.05, 3.63) is 41.5 Å². The third-order valence-electron chi connectivity index (χ3n) is 2.92. The number of hydrogen-bond acceptors (Lipinski definition) is 2. The van der Waals surface area contributed by atoms with Crippen LogP contribution in [0.4, 0.5) is 0 Å². The van der Waals surface area contributed by atoms with E-state index in [9.17, 15) is 4.79 Å². The first kappa shape index (κ1) is 11.9. The van der Waals surface area contributed by atoms with E-state index >= 15 is 0 Å². The third-order valence-corrected chi connectivity index (χ3v) is 2.92.